The van der Waals surface area contributed by atoms with Gasteiger partial charge in [0, 0.05) is 5.56 Å². The third-order valence-electron chi connectivity index (χ3n) is 3.39. The van der Waals surface area contributed by atoms with Gasteiger partial charge >= 0.3 is 5.97 Å². The molecule has 1 aromatic rings. The second-order valence-electron chi connectivity index (χ2n) is 5.14. The Morgan fingerprint density at radius 1 is 1.52 bits per heavy atom. The third kappa shape index (κ3) is 3.54. The zero-order valence-corrected chi connectivity index (χ0v) is 12.9. The second-order valence-corrected chi connectivity index (χ2v) is 6.71. The molecule has 6 nitrogen and oxygen atoms in total. The highest BCUT2D eigenvalue weighted by Gasteiger charge is 2.33. The summed E-state index contributed by atoms with van der Waals surface area (Å²) in [6, 6.07) is 4.26. The number of primary sulfonamides is 1. The quantitative estimate of drug-likeness (QED) is 0.832. The van der Waals surface area contributed by atoms with Crippen LogP contribution in [0.3, 0.4) is 0 Å². The summed E-state index contributed by atoms with van der Waals surface area (Å²) in [4.78, 5) is 12.1. The van der Waals surface area contributed by atoms with Crippen molar-refractivity contribution in [2.75, 3.05) is 6.61 Å². The van der Waals surface area contributed by atoms with Crippen LogP contribution in [-0.2, 0) is 19.6 Å². The molecule has 0 aromatic heterocycles. The number of fused-ring (bicyclic) bond motifs is 1. The van der Waals surface area contributed by atoms with Gasteiger partial charge < -0.3 is 9.47 Å². The minimum Gasteiger partial charge on any atom is -0.492 e. The molecule has 1 aliphatic rings. The summed E-state index contributed by atoms with van der Waals surface area (Å²) in [6.07, 6.45) is 1.53. The third-order valence-corrected chi connectivity index (χ3v) is 4.30. The minimum atomic E-state index is -3.81. The van der Waals surface area contributed by atoms with E-state index in [2.05, 4.69) is 0 Å². The fourth-order valence-electron chi connectivity index (χ4n) is 2.31. The maximum atomic E-state index is 12.2. The number of sulfonamides is 1. The molecule has 2 unspecified atom stereocenters. The summed E-state index contributed by atoms with van der Waals surface area (Å²) >= 11 is 0. The van der Waals surface area contributed by atoms with E-state index in [1.807, 2.05) is 13.8 Å². The molecule has 2 atom stereocenters. The van der Waals surface area contributed by atoms with Gasteiger partial charge in [-0.05, 0) is 31.5 Å². The number of rotatable bonds is 5. The number of nitrogens with two attached hydrogens (primary N) is 1. The maximum absolute atomic E-state index is 12.2. The van der Waals surface area contributed by atoms with Crippen molar-refractivity contribution in [3.05, 3.63) is 23.8 Å². The molecule has 0 amide bonds. The summed E-state index contributed by atoms with van der Waals surface area (Å²) in [5.74, 6) is -0.519. The first kappa shape index (κ1) is 15.8. The van der Waals surface area contributed by atoms with E-state index >= 15 is 0 Å². The van der Waals surface area contributed by atoms with Crippen molar-refractivity contribution in [3.63, 3.8) is 0 Å². The Balaban J connectivity index is 2.22. The van der Waals surface area contributed by atoms with Gasteiger partial charge in [-0.2, -0.15) is 0 Å². The molecule has 2 rings (SSSR count). The molecular weight excluding hydrogens is 294 g/mol. The average Bonchev–Trinajstić information content (AvgIpc) is 2.80. The summed E-state index contributed by atoms with van der Waals surface area (Å²) in [6.45, 7) is 4.00. The topological polar surface area (TPSA) is 95.7 Å². The zero-order valence-electron chi connectivity index (χ0n) is 12.0. The van der Waals surface area contributed by atoms with Gasteiger partial charge in [0.05, 0.1) is 11.0 Å². The van der Waals surface area contributed by atoms with E-state index in [1.165, 1.54) is 18.2 Å². The van der Waals surface area contributed by atoms with Crippen LogP contribution in [0.25, 0.3) is 0 Å². The molecule has 116 valence electrons. The monoisotopic (exact) mass is 313 g/mol. The van der Waals surface area contributed by atoms with E-state index in [4.69, 9.17) is 14.6 Å². The lowest BCUT2D eigenvalue weighted by Crippen LogP contribution is -2.22. The molecule has 0 aliphatic carbocycles. The molecule has 1 aromatic carbocycles. The summed E-state index contributed by atoms with van der Waals surface area (Å²) in [5, 5.41) is 5.11. The van der Waals surface area contributed by atoms with Crippen LogP contribution in [0.15, 0.2) is 23.1 Å². The van der Waals surface area contributed by atoms with Crippen LogP contribution in [0, 0.1) is 0 Å². The first-order chi connectivity index (χ1) is 9.82. The van der Waals surface area contributed by atoms with E-state index in [0.717, 1.165) is 12.8 Å². The van der Waals surface area contributed by atoms with Gasteiger partial charge in [0.15, 0.2) is 0 Å². The van der Waals surface area contributed by atoms with Crippen LogP contribution in [0.5, 0.6) is 5.75 Å². The van der Waals surface area contributed by atoms with Crippen molar-refractivity contribution in [2.24, 2.45) is 5.14 Å². The van der Waals surface area contributed by atoms with Crippen molar-refractivity contribution in [1.82, 2.24) is 0 Å². The SMILES string of the molecule is CCCC(C)OC(=O)C1COc2ccc(S(N)(=O)=O)cc21. The molecule has 0 saturated heterocycles. The molecule has 0 fully saturated rings. The highest BCUT2D eigenvalue weighted by Crippen LogP contribution is 2.36. The molecule has 7 heteroatoms. The van der Waals surface area contributed by atoms with Crippen molar-refractivity contribution in [2.45, 2.75) is 43.6 Å². The largest absolute Gasteiger partial charge is 0.492 e. The number of benzene rings is 1. The van der Waals surface area contributed by atoms with Gasteiger partial charge in [-0.1, -0.05) is 13.3 Å². The van der Waals surface area contributed by atoms with E-state index in [1.54, 1.807) is 0 Å². The van der Waals surface area contributed by atoms with Crippen molar-refractivity contribution < 1.29 is 22.7 Å². The van der Waals surface area contributed by atoms with E-state index in [-0.39, 0.29) is 17.6 Å². The predicted octanol–water partition coefficient (Wildman–Crippen LogP) is 1.54. The van der Waals surface area contributed by atoms with Crippen molar-refractivity contribution >= 4 is 16.0 Å². The lowest BCUT2D eigenvalue weighted by molar-refractivity contribution is -0.150. The van der Waals surface area contributed by atoms with Crippen LogP contribution in [0.4, 0.5) is 0 Å². The zero-order chi connectivity index (χ0) is 15.6. The molecule has 1 aliphatic heterocycles. The number of esters is 1. The van der Waals surface area contributed by atoms with Crippen LogP contribution >= 0.6 is 0 Å². The standard InChI is InChI=1S/C14H19NO5S/c1-3-4-9(2)20-14(16)12-8-19-13-6-5-10(7-11(12)13)21(15,17)18/h5-7,9,12H,3-4,8H2,1-2H3,(H2,15,17,18). The van der Waals surface area contributed by atoms with Crippen LogP contribution < -0.4 is 9.88 Å². The highest BCUT2D eigenvalue weighted by atomic mass is 32.2. The fourth-order valence-corrected chi connectivity index (χ4v) is 2.86. The summed E-state index contributed by atoms with van der Waals surface area (Å²) in [5.41, 5.74) is 0.509. The van der Waals surface area contributed by atoms with Gasteiger partial charge in [0.2, 0.25) is 10.0 Å². The molecule has 2 N–H and O–H groups in total. The van der Waals surface area contributed by atoms with Crippen molar-refractivity contribution in [1.29, 1.82) is 0 Å². The Kier molecular flexibility index (Phi) is 4.53. The lowest BCUT2D eigenvalue weighted by Gasteiger charge is -2.15. The molecule has 1 heterocycles. The smallest absolute Gasteiger partial charge is 0.317 e. The highest BCUT2D eigenvalue weighted by molar-refractivity contribution is 7.89. The van der Waals surface area contributed by atoms with Gasteiger partial charge in [-0.25, -0.2) is 13.6 Å². The second kappa shape index (κ2) is 6.03. The first-order valence-corrected chi connectivity index (χ1v) is 8.37. The van der Waals surface area contributed by atoms with Gasteiger partial charge in [-0.15, -0.1) is 0 Å². The molecular formula is C14H19NO5S. The molecule has 0 spiro atoms. The van der Waals surface area contributed by atoms with Crippen molar-refractivity contribution in [3.8, 4) is 5.75 Å². The Morgan fingerprint density at radius 2 is 2.24 bits per heavy atom. The van der Waals surface area contributed by atoms with E-state index < -0.39 is 21.9 Å². The van der Waals surface area contributed by atoms with E-state index in [0.29, 0.717) is 11.3 Å². The average molecular weight is 313 g/mol. The summed E-state index contributed by atoms with van der Waals surface area (Å²) < 4.78 is 33.5. The Labute approximate surface area is 124 Å². The number of carbonyl (C=O) groups is 1. The van der Waals surface area contributed by atoms with Crippen LogP contribution in [0.2, 0.25) is 0 Å². The predicted molar refractivity (Wildman–Crippen MR) is 76.5 cm³/mol. The summed E-state index contributed by atoms with van der Waals surface area (Å²) in [7, 11) is -3.81. The number of carbonyl (C=O) groups excluding carboxylic acids is 1. The fraction of sp³-hybridized carbons (Fsp3) is 0.500. The molecule has 21 heavy (non-hydrogen) atoms. The normalized spacial score (nSPS) is 18.7. The van der Waals surface area contributed by atoms with Crippen LogP contribution in [-0.4, -0.2) is 27.1 Å². The Bertz CT molecular complexity index is 641. The maximum Gasteiger partial charge on any atom is 0.317 e. The van der Waals surface area contributed by atoms with E-state index in [9.17, 15) is 13.2 Å². The van der Waals surface area contributed by atoms with Gasteiger partial charge in [0.1, 0.15) is 18.3 Å². The number of hydrogen-bond donors (Lipinski definition) is 1. The Hall–Kier alpha value is -1.60. The minimum absolute atomic E-state index is 0.0360. The van der Waals surface area contributed by atoms with Gasteiger partial charge in [-0.3, -0.25) is 4.79 Å². The number of ether oxygens (including phenoxy) is 2. The lowest BCUT2D eigenvalue weighted by atomic mass is 10.0. The first-order valence-electron chi connectivity index (χ1n) is 6.83. The number of hydrogen-bond acceptors (Lipinski definition) is 5. The molecule has 0 radical (unpaired) electrons. The van der Waals surface area contributed by atoms with Gasteiger partial charge in [0.25, 0.3) is 0 Å². The molecule has 0 bridgehead atoms. The Morgan fingerprint density at radius 3 is 2.86 bits per heavy atom. The molecule has 0 saturated carbocycles. The van der Waals surface area contributed by atoms with Crippen LogP contribution in [0.1, 0.15) is 38.2 Å².